The van der Waals surface area contributed by atoms with E-state index < -0.39 is 29.5 Å². The molecule has 0 bridgehead atoms. The van der Waals surface area contributed by atoms with Gasteiger partial charge in [-0.15, -0.1) is 0 Å². The van der Waals surface area contributed by atoms with Crippen molar-refractivity contribution >= 4 is 12.1 Å². The molecule has 1 aliphatic heterocycles. The van der Waals surface area contributed by atoms with E-state index in [0.717, 1.165) is 4.90 Å². The molecule has 1 aliphatic rings. The number of rotatable bonds is 2. The normalized spacial score (nSPS) is 16.9. The largest absolute Gasteiger partial charge is 0.480 e. The Morgan fingerprint density at radius 1 is 1.31 bits per heavy atom. The van der Waals surface area contributed by atoms with Crippen LogP contribution < -0.4 is 0 Å². The highest BCUT2D eigenvalue weighted by Gasteiger charge is 2.38. The molecule has 2 aromatic rings. The molecule has 2 heterocycles. The number of hydrogen-bond donors (Lipinski definition) is 1. The number of fused-ring (bicyclic) bond motifs is 1. The predicted octanol–water partition coefficient (Wildman–Crippen LogP) is 2.89. The Morgan fingerprint density at radius 3 is 2.62 bits per heavy atom. The fourth-order valence-electron chi connectivity index (χ4n) is 2.81. The van der Waals surface area contributed by atoms with E-state index in [1.165, 1.54) is 6.07 Å². The maximum Gasteiger partial charge on any atom is 0.411 e. The zero-order valence-electron chi connectivity index (χ0n) is 14.8. The van der Waals surface area contributed by atoms with E-state index in [-0.39, 0.29) is 13.1 Å². The predicted molar refractivity (Wildman–Crippen MR) is 90.8 cm³/mol. The Morgan fingerprint density at radius 2 is 2.00 bits per heavy atom. The molecule has 1 atom stereocenters. The fraction of sp³-hybridized carbons (Fsp3) is 0.389. The van der Waals surface area contributed by atoms with Gasteiger partial charge in [0.15, 0.2) is 6.04 Å². The van der Waals surface area contributed by atoms with Crippen LogP contribution in [0.2, 0.25) is 0 Å². The van der Waals surface area contributed by atoms with Crippen molar-refractivity contribution in [3.8, 4) is 11.3 Å². The SMILES string of the molecule is CC(C)(C)OC(=O)N1Cc2nc(-c3ccccc3F)cn2CC1C(=O)O. The zero-order valence-corrected chi connectivity index (χ0v) is 14.8. The second-order valence-corrected chi connectivity index (χ2v) is 7.14. The summed E-state index contributed by atoms with van der Waals surface area (Å²) in [5, 5.41) is 9.51. The summed E-state index contributed by atoms with van der Waals surface area (Å²) in [6.07, 6.45) is 0.891. The molecule has 0 saturated carbocycles. The highest BCUT2D eigenvalue weighted by Crippen LogP contribution is 2.26. The maximum atomic E-state index is 14.0. The van der Waals surface area contributed by atoms with E-state index in [1.807, 2.05) is 0 Å². The molecule has 3 rings (SSSR count). The Hall–Kier alpha value is -2.90. The third-order valence-corrected chi connectivity index (χ3v) is 3.98. The lowest BCUT2D eigenvalue weighted by atomic mass is 10.1. The Bertz CT molecular complexity index is 856. The van der Waals surface area contributed by atoms with E-state index in [4.69, 9.17) is 4.74 Å². The molecule has 0 fully saturated rings. The molecule has 0 aliphatic carbocycles. The number of carboxylic acids is 1. The third-order valence-electron chi connectivity index (χ3n) is 3.98. The van der Waals surface area contributed by atoms with Crippen molar-refractivity contribution < 1.29 is 23.8 Å². The van der Waals surface area contributed by atoms with Crippen molar-refractivity contribution in [2.24, 2.45) is 0 Å². The number of ether oxygens (including phenoxy) is 1. The van der Waals surface area contributed by atoms with Crippen molar-refractivity contribution in [1.82, 2.24) is 14.5 Å². The molecule has 26 heavy (non-hydrogen) atoms. The number of halogens is 1. The lowest BCUT2D eigenvalue weighted by molar-refractivity contribution is -0.144. The van der Waals surface area contributed by atoms with E-state index >= 15 is 0 Å². The van der Waals surface area contributed by atoms with Crippen LogP contribution in [-0.2, 0) is 22.6 Å². The van der Waals surface area contributed by atoms with Gasteiger partial charge in [-0.25, -0.2) is 19.0 Å². The maximum absolute atomic E-state index is 14.0. The first-order chi connectivity index (χ1) is 12.2. The molecule has 138 valence electrons. The standard InChI is InChI=1S/C18H20FN3O4/c1-18(2,3)26-17(25)22-10-15-20-13(11-6-4-5-7-12(11)19)8-21(15)9-14(22)16(23)24/h4-8,14H,9-10H2,1-3H3,(H,23,24). The van der Waals surface area contributed by atoms with Crippen molar-refractivity contribution in [1.29, 1.82) is 0 Å². The highest BCUT2D eigenvalue weighted by atomic mass is 19.1. The second kappa shape index (κ2) is 6.44. The minimum Gasteiger partial charge on any atom is -0.480 e. The summed E-state index contributed by atoms with van der Waals surface area (Å²) >= 11 is 0. The van der Waals surface area contributed by atoms with E-state index in [0.29, 0.717) is 17.1 Å². The third kappa shape index (κ3) is 3.54. The minimum atomic E-state index is -1.14. The monoisotopic (exact) mass is 361 g/mol. The molecule has 1 aromatic carbocycles. The number of nitrogens with zero attached hydrogens (tertiary/aromatic N) is 3. The summed E-state index contributed by atoms with van der Waals surface area (Å²) in [4.78, 5) is 29.6. The minimum absolute atomic E-state index is 0.0192. The topological polar surface area (TPSA) is 84.7 Å². The van der Waals surface area contributed by atoms with Crippen LogP contribution in [0.5, 0.6) is 0 Å². The van der Waals surface area contributed by atoms with Crippen LogP contribution in [0.4, 0.5) is 9.18 Å². The van der Waals surface area contributed by atoms with Crippen molar-refractivity contribution in [3.05, 3.63) is 42.1 Å². The van der Waals surface area contributed by atoms with Gasteiger partial charge < -0.3 is 14.4 Å². The Labute approximate surface area is 150 Å². The van der Waals surface area contributed by atoms with Gasteiger partial charge in [-0.1, -0.05) is 12.1 Å². The highest BCUT2D eigenvalue weighted by molar-refractivity contribution is 5.80. The first-order valence-corrected chi connectivity index (χ1v) is 8.19. The van der Waals surface area contributed by atoms with Gasteiger partial charge in [-0.05, 0) is 32.9 Å². The quantitative estimate of drug-likeness (QED) is 0.889. The number of aliphatic carboxylic acids is 1. The molecular formula is C18H20FN3O4. The summed E-state index contributed by atoms with van der Waals surface area (Å²) < 4.78 is 21.0. The molecule has 7 nitrogen and oxygen atoms in total. The fourth-order valence-corrected chi connectivity index (χ4v) is 2.81. The Kier molecular flexibility index (Phi) is 4.43. The lowest BCUT2D eigenvalue weighted by Gasteiger charge is -2.34. The van der Waals surface area contributed by atoms with Crippen LogP contribution in [0.25, 0.3) is 11.3 Å². The van der Waals surface area contributed by atoms with Gasteiger partial charge in [0.05, 0.1) is 18.8 Å². The second-order valence-electron chi connectivity index (χ2n) is 7.14. The summed E-state index contributed by atoms with van der Waals surface area (Å²) in [5.41, 5.74) is -0.0240. The molecule has 1 N–H and O–H groups in total. The molecule has 0 radical (unpaired) electrons. The Balaban J connectivity index is 1.93. The molecule has 1 amide bonds. The van der Waals surface area contributed by atoms with Gasteiger partial charge in [-0.3, -0.25) is 4.90 Å². The van der Waals surface area contributed by atoms with Crippen LogP contribution in [-0.4, -0.2) is 43.3 Å². The van der Waals surface area contributed by atoms with Gasteiger partial charge in [0.1, 0.15) is 17.2 Å². The van der Waals surface area contributed by atoms with Crippen molar-refractivity contribution in [2.75, 3.05) is 0 Å². The van der Waals surface area contributed by atoms with Gasteiger partial charge in [0.2, 0.25) is 0 Å². The average molecular weight is 361 g/mol. The zero-order chi connectivity index (χ0) is 19.1. The summed E-state index contributed by atoms with van der Waals surface area (Å²) in [7, 11) is 0. The number of amides is 1. The molecule has 1 unspecified atom stereocenters. The number of hydrogen-bond acceptors (Lipinski definition) is 4. The summed E-state index contributed by atoms with van der Waals surface area (Å²) in [6.45, 7) is 5.12. The van der Waals surface area contributed by atoms with Crippen LogP contribution in [0.15, 0.2) is 30.5 Å². The molecule has 0 spiro atoms. The number of carbonyl (C=O) groups is 2. The van der Waals surface area contributed by atoms with Gasteiger partial charge in [-0.2, -0.15) is 0 Å². The van der Waals surface area contributed by atoms with Gasteiger partial charge in [0.25, 0.3) is 0 Å². The van der Waals surface area contributed by atoms with Crippen LogP contribution in [0.3, 0.4) is 0 Å². The molecular weight excluding hydrogens is 341 g/mol. The van der Waals surface area contributed by atoms with E-state index in [9.17, 15) is 19.1 Å². The van der Waals surface area contributed by atoms with Crippen LogP contribution in [0.1, 0.15) is 26.6 Å². The molecule has 1 aromatic heterocycles. The first-order valence-electron chi connectivity index (χ1n) is 8.19. The number of imidazole rings is 1. The average Bonchev–Trinajstić information content (AvgIpc) is 2.95. The first kappa shape index (κ1) is 17.9. The lowest BCUT2D eigenvalue weighted by Crippen LogP contribution is -2.51. The number of benzene rings is 1. The number of carboxylic acid groups (broad SMARTS) is 1. The molecule has 0 saturated heterocycles. The van der Waals surface area contributed by atoms with E-state index in [2.05, 4.69) is 4.98 Å². The smallest absolute Gasteiger partial charge is 0.411 e. The van der Waals surface area contributed by atoms with Crippen LogP contribution >= 0.6 is 0 Å². The number of carbonyl (C=O) groups excluding carboxylic acids is 1. The number of aromatic nitrogens is 2. The van der Waals surface area contributed by atoms with E-state index in [1.54, 1.807) is 49.7 Å². The van der Waals surface area contributed by atoms with Crippen LogP contribution in [0, 0.1) is 5.82 Å². The van der Waals surface area contributed by atoms with Gasteiger partial charge in [0, 0.05) is 11.8 Å². The van der Waals surface area contributed by atoms with Crippen molar-refractivity contribution in [3.63, 3.8) is 0 Å². The summed E-state index contributed by atoms with van der Waals surface area (Å²) in [6, 6.07) is 5.13. The summed E-state index contributed by atoms with van der Waals surface area (Å²) in [5.74, 6) is -1.07. The molecule has 8 heteroatoms. The van der Waals surface area contributed by atoms with Gasteiger partial charge >= 0.3 is 12.1 Å². The van der Waals surface area contributed by atoms with Crippen molar-refractivity contribution in [2.45, 2.75) is 45.5 Å².